The molecule has 1 N–H and O–H groups in total. The highest BCUT2D eigenvalue weighted by atomic mass is 16.4. The van der Waals surface area contributed by atoms with Gasteiger partial charge in [-0.05, 0) is 31.9 Å². The molecule has 0 saturated heterocycles. The van der Waals surface area contributed by atoms with Crippen LogP contribution >= 0.6 is 0 Å². The Morgan fingerprint density at radius 2 is 2.00 bits per heavy atom. The minimum Gasteiger partial charge on any atom is -0.477 e. The maximum atomic E-state index is 12.4. The number of pyridine rings is 2. The highest BCUT2D eigenvalue weighted by Crippen LogP contribution is 2.26. The molecule has 112 valence electrons. The van der Waals surface area contributed by atoms with Crippen molar-refractivity contribution in [3.8, 4) is 0 Å². The zero-order chi connectivity index (χ0) is 16.0. The van der Waals surface area contributed by atoms with Gasteiger partial charge < -0.3 is 9.67 Å². The van der Waals surface area contributed by atoms with E-state index in [1.54, 1.807) is 4.57 Å². The zero-order valence-electron chi connectivity index (χ0n) is 12.7. The molecule has 0 unspecified atom stereocenters. The van der Waals surface area contributed by atoms with E-state index >= 15 is 0 Å². The highest BCUT2D eigenvalue weighted by molar-refractivity contribution is 6.06. The second-order valence-corrected chi connectivity index (χ2v) is 5.39. The number of carboxylic acid groups (broad SMARTS) is 1. The topological polar surface area (TPSA) is 72.2 Å². The van der Waals surface area contributed by atoms with Crippen LogP contribution in [0.25, 0.3) is 21.8 Å². The summed E-state index contributed by atoms with van der Waals surface area (Å²) in [6, 6.07) is 3.94. The van der Waals surface area contributed by atoms with E-state index in [0.29, 0.717) is 11.9 Å². The summed E-state index contributed by atoms with van der Waals surface area (Å²) in [6.07, 6.45) is 2.91. The Labute approximate surface area is 126 Å². The molecule has 0 bridgehead atoms. The zero-order valence-corrected chi connectivity index (χ0v) is 12.7. The average Bonchev–Trinajstić information content (AvgIpc) is 2.50. The number of hydrogen-bond acceptors (Lipinski definition) is 3. The molecule has 2 aromatic heterocycles. The van der Waals surface area contributed by atoms with Crippen LogP contribution in [0.4, 0.5) is 0 Å². The Morgan fingerprint density at radius 1 is 1.27 bits per heavy atom. The van der Waals surface area contributed by atoms with Crippen molar-refractivity contribution >= 4 is 27.8 Å². The minimum absolute atomic E-state index is 0.223. The predicted molar refractivity (Wildman–Crippen MR) is 85.6 cm³/mol. The molecule has 0 aliphatic heterocycles. The van der Waals surface area contributed by atoms with Crippen molar-refractivity contribution in [1.82, 2.24) is 9.55 Å². The van der Waals surface area contributed by atoms with Crippen molar-refractivity contribution in [3.05, 3.63) is 51.4 Å². The number of hydrogen-bond donors (Lipinski definition) is 1. The molecule has 5 nitrogen and oxygen atoms in total. The summed E-state index contributed by atoms with van der Waals surface area (Å²) in [7, 11) is 0. The third-order valence-corrected chi connectivity index (χ3v) is 4.17. The molecule has 0 amide bonds. The van der Waals surface area contributed by atoms with Gasteiger partial charge in [-0.25, -0.2) is 4.79 Å². The molecule has 0 radical (unpaired) electrons. The Kier molecular flexibility index (Phi) is 3.20. The Hall–Kier alpha value is -2.69. The molecule has 5 heteroatoms. The van der Waals surface area contributed by atoms with Crippen molar-refractivity contribution in [2.45, 2.75) is 27.3 Å². The number of aromatic carboxylic acids is 1. The van der Waals surface area contributed by atoms with Crippen LogP contribution in [0, 0.1) is 13.8 Å². The molecule has 0 saturated carbocycles. The van der Waals surface area contributed by atoms with Crippen LogP contribution in [-0.4, -0.2) is 20.6 Å². The summed E-state index contributed by atoms with van der Waals surface area (Å²) in [5.41, 5.74) is 3.07. The van der Waals surface area contributed by atoms with Crippen molar-refractivity contribution in [3.63, 3.8) is 0 Å². The van der Waals surface area contributed by atoms with E-state index in [1.165, 1.54) is 12.4 Å². The number of carbonyl (C=O) groups is 1. The van der Waals surface area contributed by atoms with Gasteiger partial charge in [-0.1, -0.05) is 12.1 Å². The molecular weight excluding hydrogens is 280 g/mol. The van der Waals surface area contributed by atoms with Crippen LogP contribution in [0.2, 0.25) is 0 Å². The van der Waals surface area contributed by atoms with Crippen molar-refractivity contribution in [1.29, 1.82) is 0 Å². The summed E-state index contributed by atoms with van der Waals surface area (Å²) in [5, 5.41) is 10.4. The molecule has 0 atom stereocenters. The van der Waals surface area contributed by atoms with E-state index in [1.807, 2.05) is 32.9 Å². The largest absolute Gasteiger partial charge is 0.477 e. The normalized spacial score (nSPS) is 11.2. The molecule has 3 rings (SSSR count). The maximum absolute atomic E-state index is 12.4. The maximum Gasteiger partial charge on any atom is 0.341 e. The standard InChI is InChI=1S/C17H16N2O3/c1-4-19-8-13(17(21)22)16(20)12-7-18-14-10(3)9(2)5-6-11(14)15(12)19/h5-8H,4H2,1-3H3,(H,21,22). The first-order chi connectivity index (χ1) is 10.5. The summed E-state index contributed by atoms with van der Waals surface area (Å²) in [5.74, 6) is -1.21. The fourth-order valence-electron chi connectivity index (χ4n) is 2.80. The summed E-state index contributed by atoms with van der Waals surface area (Å²) >= 11 is 0. The van der Waals surface area contributed by atoms with Crippen molar-refractivity contribution in [2.75, 3.05) is 0 Å². The number of rotatable bonds is 2. The lowest BCUT2D eigenvalue weighted by Gasteiger charge is -2.14. The van der Waals surface area contributed by atoms with Crippen LogP contribution in [0.1, 0.15) is 28.4 Å². The Balaban J connectivity index is 2.60. The van der Waals surface area contributed by atoms with Crippen LogP contribution < -0.4 is 5.43 Å². The van der Waals surface area contributed by atoms with Gasteiger partial charge in [-0.3, -0.25) is 9.78 Å². The molecule has 0 spiro atoms. The van der Waals surface area contributed by atoms with Gasteiger partial charge in [0.25, 0.3) is 0 Å². The van der Waals surface area contributed by atoms with E-state index in [0.717, 1.165) is 27.5 Å². The van der Waals surface area contributed by atoms with E-state index in [4.69, 9.17) is 0 Å². The molecule has 0 fully saturated rings. The van der Waals surface area contributed by atoms with E-state index < -0.39 is 11.4 Å². The van der Waals surface area contributed by atoms with Gasteiger partial charge in [0.1, 0.15) is 5.56 Å². The molecular formula is C17H16N2O3. The van der Waals surface area contributed by atoms with Crippen molar-refractivity contribution in [2.24, 2.45) is 0 Å². The third-order valence-electron chi connectivity index (χ3n) is 4.17. The quantitative estimate of drug-likeness (QED) is 0.738. The summed E-state index contributed by atoms with van der Waals surface area (Å²) in [4.78, 5) is 28.1. The van der Waals surface area contributed by atoms with Gasteiger partial charge in [0, 0.05) is 24.3 Å². The minimum atomic E-state index is -1.21. The second-order valence-electron chi connectivity index (χ2n) is 5.39. The number of carboxylic acids is 1. The smallest absolute Gasteiger partial charge is 0.341 e. The fraction of sp³-hybridized carbons (Fsp3) is 0.235. The number of benzene rings is 1. The van der Waals surface area contributed by atoms with Crippen LogP contribution in [0.15, 0.2) is 29.3 Å². The van der Waals surface area contributed by atoms with Crippen molar-refractivity contribution < 1.29 is 9.90 Å². The monoisotopic (exact) mass is 296 g/mol. The highest BCUT2D eigenvalue weighted by Gasteiger charge is 2.17. The first-order valence-corrected chi connectivity index (χ1v) is 7.11. The van der Waals surface area contributed by atoms with Gasteiger partial charge >= 0.3 is 5.97 Å². The fourth-order valence-corrected chi connectivity index (χ4v) is 2.80. The lowest BCUT2D eigenvalue weighted by molar-refractivity contribution is 0.0695. The van der Waals surface area contributed by atoms with Gasteiger partial charge in [0.05, 0.1) is 16.4 Å². The third kappa shape index (κ3) is 1.89. The molecule has 22 heavy (non-hydrogen) atoms. The lowest BCUT2D eigenvalue weighted by Crippen LogP contribution is -2.19. The molecule has 0 aliphatic carbocycles. The number of fused-ring (bicyclic) bond motifs is 3. The van der Waals surface area contributed by atoms with Crippen LogP contribution in [-0.2, 0) is 6.54 Å². The number of aryl methyl sites for hydroxylation is 3. The van der Waals surface area contributed by atoms with Gasteiger partial charge in [0.15, 0.2) is 0 Å². The molecule has 2 heterocycles. The van der Waals surface area contributed by atoms with E-state index in [-0.39, 0.29) is 5.56 Å². The van der Waals surface area contributed by atoms with Gasteiger partial charge in [-0.2, -0.15) is 0 Å². The summed E-state index contributed by atoms with van der Waals surface area (Å²) in [6.45, 7) is 6.50. The van der Waals surface area contributed by atoms with E-state index in [2.05, 4.69) is 4.98 Å². The van der Waals surface area contributed by atoms with Crippen LogP contribution in [0.5, 0.6) is 0 Å². The number of nitrogens with zero attached hydrogens (tertiary/aromatic N) is 2. The van der Waals surface area contributed by atoms with Gasteiger partial charge in [-0.15, -0.1) is 0 Å². The molecule has 3 aromatic rings. The average molecular weight is 296 g/mol. The number of aromatic nitrogens is 2. The Bertz CT molecular complexity index is 987. The Morgan fingerprint density at radius 3 is 2.64 bits per heavy atom. The van der Waals surface area contributed by atoms with E-state index in [9.17, 15) is 14.7 Å². The molecule has 0 aliphatic rings. The summed E-state index contributed by atoms with van der Waals surface area (Å²) < 4.78 is 1.80. The lowest BCUT2D eigenvalue weighted by atomic mass is 10.0. The second kappa shape index (κ2) is 4.94. The first kappa shape index (κ1) is 14.3. The predicted octanol–water partition coefficient (Wildman–Crippen LogP) is 2.88. The van der Waals surface area contributed by atoms with Crippen LogP contribution in [0.3, 0.4) is 0 Å². The first-order valence-electron chi connectivity index (χ1n) is 7.11. The SMILES string of the molecule is CCn1cc(C(=O)O)c(=O)c2cnc3c(C)c(C)ccc3c21. The van der Waals surface area contributed by atoms with Gasteiger partial charge in [0.2, 0.25) is 5.43 Å². The molecule has 1 aromatic carbocycles.